The Balaban J connectivity index is 1.37. The summed E-state index contributed by atoms with van der Waals surface area (Å²) >= 11 is 1.56. The van der Waals surface area contributed by atoms with E-state index < -0.39 is 0 Å². The molecule has 5 nitrogen and oxygen atoms in total. The van der Waals surface area contributed by atoms with Gasteiger partial charge in [0.1, 0.15) is 11.4 Å². The lowest BCUT2D eigenvalue weighted by Gasteiger charge is -2.33. The molecule has 1 aliphatic rings. The standard InChI is InChI=1S/C23H25N3O2S/c1-28-20-11-9-18(10-12-20)24-19-8-5-13-26(15-19)23(27)21-16-29-22(25-21)14-17-6-3-2-4-7-17/h2-4,6-7,9-12,16,19,24H,5,8,13-15H2,1H3/t19-/m0/s1. The number of anilines is 1. The minimum Gasteiger partial charge on any atom is -0.497 e. The first-order chi connectivity index (χ1) is 14.2. The number of rotatable bonds is 6. The first-order valence-corrected chi connectivity index (χ1v) is 10.8. The second kappa shape index (κ2) is 9.09. The van der Waals surface area contributed by atoms with Crippen molar-refractivity contribution in [2.45, 2.75) is 25.3 Å². The van der Waals surface area contributed by atoms with Crippen LogP contribution in [-0.2, 0) is 6.42 Å². The maximum absolute atomic E-state index is 13.0. The molecule has 4 rings (SSSR count). The second-order valence-corrected chi connectivity index (χ2v) is 8.19. The molecule has 150 valence electrons. The summed E-state index contributed by atoms with van der Waals surface area (Å²) in [4.78, 5) is 19.5. The fraction of sp³-hybridized carbons (Fsp3) is 0.304. The SMILES string of the molecule is COc1ccc(N[C@H]2CCCN(C(=O)c3csc(Cc4ccccc4)n3)C2)cc1. The van der Waals surface area contributed by atoms with Crippen molar-refractivity contribution in [2.75, 3.05) is 25.5 Å². The predicted molar refractivity (Wildman–Crippen MR) is 117 cm³/mol. The molecule has 1 fully saturated rings. The Hall–Kier alpha value is -2.86. The van der Waals surface area contributed by atoms with Gasteiger partial charge in [0, 0.05) is 36.6 Å². The van der Waals surface area contributed by atoms with E-state index in [1.54, 1.807) is 18.4 Å². The van der Waals surface area contributed by atoms with Gasteiger partial charge in [0.05, 0.1) is 12.1 Å². The van der Waals surface area contributed by atoms with E-state index in [9.17, 15) is 4.79 Å². The summed E-state index contributed by atoms with van der Waals surface area (Å²) < 4.78 is 5.21. The van der Waals surface area contributed by atoms with Gasteiger partial charge in [-0.2, -0.15) is 0 Å². The average Bonchev–Trinajstić information content (AvgIpc) is 3.23. The van der Waals surface area contributed by atoms with E-state index in [1.165, 1.54) is 5.56 Å². The largest absolute Gasteiger partial charge is 0.497 e. The molecule has 0 saturated carbocycles. The topological polar surface area (TPSA) is 54.5 Å². The highest BCUT2D eigenvalue weighted by atomic mass is 32.1. The Morgan fingerprint density at radius 3 is 2.76 bits per heavy atom. The Labute approximate surface area is 175 Å². The van der Waals surface area contributed by atoms with Crippen LogP contribution in [-0.4, -0.2) is 42.0 Å². The minimum absolute atomic E-state index is 0.0294. The lowest BCUT2D eigenvalue weighted by Crippen LogP contribution is -2.45. The lowest BCUT2D eigenvalue weighted by atomic mass is 10.0. The van der Waals surface area contributed by atoms with E-state index in [0.29, 0.717) is 12.2 Å². The smallest absolute Gasteiger partial charge is 0.273 e. The van der Waals surface area contributed by atoms with Gasteiger partial charge in [-0.25, -0.2) is 4.98 Å². The molecule has 1 N–H and O–H groups in total. The summed E-state index contributed by atoms with van der Waals surface area (Å²) in [7, 11) is 1.66. The summed E-state index contributed by atoms with van der Waals surface area (Å²) in [6, 6.07) is 18.4. The molecule has 2 heterocycles. The molecule has 2 aromatic carbocycles. The molecule has 0 aliphatic carbocycles. The molecule has 29 heavy (non-hydrogen) atoms. The van der Waals surface area contributed by atoms with Crippen LogP contribution in [0.5, 0.6) is 5.75 Å². The Kier molecular flexibility index (Phi) is 6.10. The zero-order valence-electron chi connectivity index (χ0n) is 16.5. The minimum atomic E-state index is 0.0294. The van der Waals surface area contributed by atoms with Crippen LogP contribution >= 0.6 is 11.3 Å². The summed E-state index contributed by atoms with van der Waals surface area (Å²) in [5.41, 5.74) is 2.82. The molecule has 1 atom stereocenters. The Morgan fingerprint density at radius 1 is 1.21 bits per heavy atom. The monoisotopic (exact) mass is 407 g/mol. The van der Waals surface area contributed by atoms with Crippen LogP contribution in [0.15, 0.2) is 60.0 Å². The van der Waals surface area contributed by atoms with Gasteiger partial charge >= 0.3 is 0 Å². The van der Waals surface area contributed by atoms with Crippen LogP contribution in [0.3, 0.4) is 0 Å². The van der Waals surface area contributed by atoms with Crippen molar-refractivity contribution < 1.29 is 9.53 Å². The lowest BCUT2D eigenvalue weighted by molar-refractivity contribution is 0.0709. The van der Waals surface area contributed by atoms with Crippen molar-refractivity contribution >= 4 is 22.9 Å². The molecule has 1 saturated heterocycles. The molecule has 3 aromatic rings. The number of likely N-dealkylation sites (tertiary alicyclic amines) is 1. The maximum atomic E-state index is 13.0. The third kappa shape index (κ3) is 4.95. The zero-order valence-corrected chi connectivity index (χ0v) is 17.3. The van der Waals surface area contributed by atoms with E-state index in [-0.39, 0.29) is 11.9 Å². The van der Waals surface area contributed by atoms with Gasteiger partial charge in [0.15, 0.2) is 0 Å². The number of piperidine rings is 1. The highest BCUT2D eigenvalue weighted by Gasteiger charge is 2.26. The van der Waals surface area contributed by atoms with Crippen LogP contribution in [0.1, 0.15) is 33.9 Å². The summed E-state index contributed by atoms with van der Waals surface area (Å²) in [6.45, 7) is 1.47. The summed E-state index contributed by atoms with van der Waals surface area (Å²) in [6.07, 6.45) is 2.80. The highest BCUT2D eigenvalue weighted by Crippen LogP contribution is 2.21. The number of ether oxygens (including phenoxy) is 1. The number of methoxy groups -OCH3 is 1. The van der Waals surface area contributed by atoms with Crippen LogP contribution in [0.25, 0.3) is 0 Å². The number of amides is 1. The molecule has 1 aliphatic heterocycles. The van der Waals surface area contributed by atoms with Gasteiger partial charge in [-0.1, -0.05) is 30.3 Å². The van der Waals surface area contributed by atoms with Crippen molar-refractivity contribution in [1.29, 1.82) is 0 Å². The number of aromatic nitrogens is 1. The average molecular weight is 408 g/mol. The van der Waals surface area contributed by atoms with Crippen molar-refractivity contribution in [2.24, 2.45) is 0 Å². The zero-order chi connectivity index (χ0) is 20.1. The number of benzene rings is 2. The number of nitrogens with one attached hydrogen (secondary N) is 1. The van der Waals surface area contributed by atoms with Gasteiger partial charge in [-0.15, -0.1) is 11.3 Å². The molecule has 0 radical (unpaired) electrons. The number of hydrogen-bond acceptors (Lipinski definition) is 5. The summed E-state index contributed by atoms with van der Waals surface area (Å²) in [5, 5.41) is 6.41. The molecule has 1 amide bonds. The van der Waals surface area contributed by atoms with E-state index in [4.69, 9.17) is 4.74 Å². The summed E-state index contributed by atoms with van der Waals surface area (Å²) in [5.74, 6) is 0.868. The van der Waals surface area contributed by atoms with Crippen molar-refractivity contribution in [3.63, 3.8) is 0 Å². The van der Waals surface area contributed by atoms with E-state index >= 15 is 0 Å². The van der Waals surface area contributed by atoms with Crippen molar-refractivity contribution in [3.8, 4) is 5.75 Å². The molecule has 0 bridgehead atoms. The maximum Gasteiger partial charge on any atom is 0.273 e. The molecule has 0 unspecified atom stereocenters. The van der Waals surface area contributed by atoms with E-state index in [1.807, 2.05) is 52.7 Å². The predicted octanol–water partition coefficient (Wildman–Crippen LogP) is 4.46. The fourth-order valence-corrected chi connectivity index (χ4v) is 4.43. The number of hydrogen-bond donors (Lipinski definition) is 1. The molecule has 0 spiro atoms. The molecular formula is C23H25N3O2S. The van der Waals surface area contributed by atoms with Crippen molar-refractivity contribution in [1.82, 2.24) is 9.88 Å². The van der Waals surface area contributed by atoms with Crippen LogP contribution in [0.2, 0.25) is 0 Å². The van der Waals surface area contributed by atoms with Gasteiger partial charge in [0.25, 0.3) is 5.91 Å². The van der Waals surface area contributed by atoms with Gasteiger partial charge in [0.2, 0.25) is 0 Å². The highest BCUT2D eigenvalue weighted by molar-refractivity contribution is 7.09. The third-order valence-corrected chi connectivity index (χ3v) is 5.99. The van der Waals surface area contributed by atoms with Crippen LogP contribution in [0, 0.1) is 0 Å². The molecular weight excluding hydrogens is 382 g/mol. The normalized spacial score (nSPS) is 16.4. The molecule has 1 aromatic heterocycles. The Bertz CT molecular complexity index is 940. The second-order valence-electron chi connectivity index (χ2n) is 7.25. The first kappa shape index (κ1) is 19.5. The first-order valence-electron chi connectivity index (χ1n) is 9.89. The van der Waals surface area contributed by atoms with Crippen LogP contribution in [0.4, 0.5) is 5.69 Å². The molecule has 6 heteroatoms. The van der Waals surface area contributed by atoms with Gasteiger partial charge in [-0.3, -0.25) is 4.79 Å². The Morgan fingerprint density at radius 2 is 2.00 bits per heavy atom. The number of nitrogens with zero attached hydrogens (tertiary/aromatic N) is 2. The number of thiazole rings is 1. The quantitative estimate of drug-likeness (QED) is 0.656. The van der Waals surface area contributed by atoms with E-state index in [0.717, 1.165) is 42.3 Å². The van der Waals surface area contributed by atoms with Gasteiger partial charge in [-0.05, 0) is 42.7 Å². The number of carbonyl (C=O) groups excluding carboxylic acids is 1. The van der Waals surface area contributed by atoms with Crippen LogP contribution < -0.4 is 10.1 Å². The van der Waals surface area contributed by atoms with Gasteiger partial charge < -0.3 is 15.0 Å². The third-order valence-electron chi connectivity index (χ3n) is 5.14. The fourth-order valence-electron chi connectivity index (χ4n) is 3.63. The number of carbonyl (C=O) groups is 1. The van der Waals surface area contributed by atoms with Crippen molar-refractivity contribution in [3.05, 3.63) is 76.2 Å². The van der Waals surface area contributed by atoms with E-state index in [2.05, 4.69) is 22.4 Å².